The third-order valence-electron chi connectivity index (χ3n) is 9.60. The van der Waals surface area contributed by atoms with Crippen molar-refractivity contribution < 1.29 is 33.4 Å². The summed E-state index contributed by atoms with van der Waals surface area (Å²) in [6, 6.07) is 0. The molecule has 4 rings (SSSR count). The lowest BCUT2D eigenvalue weighted by Crippen LogP contribution is -2.63. The van der Waals surface area contributed by atoms with Crippen LogP contribution in [0.1, 0.15) is 80.6 Å². The highest BCUT2D eigenvalue weighted by Crippen LogP contribution is 2.61. The van der Waals surface area contributed by atoms with Crippen LogP contribution in [-0.2, 0) is 33.4 Å². The first kappa shape index (κ1) is 29.0. The van der Waals surface area contributed by atoms with Gasteiger partial charge in [0.05, 0.1) is 16.7 Å². The highest BCUT2D eigenvalue weighted by molar-refractivity contribution is 5.99. The SMILES string of the molecule is C/C=C(/C)C(=O)O[C@H]1[C@@H]2[C@H](OC(C)=O)[C@@H](OC(=O)[C@]23CC=C(CCC=C(C)C)CC3)[C@@H](C)[C@@H]2C=CC(=O)[C@]21C. The van der Waals surface area contributed by atoms with Crippen molar-refractivity contribution in [3.63, 3.8) is 0 Å². The number of hydrogen-bond donors (Lipinski definition) is 0. The van der Waals surface area contributed by atoms with Crippen LogP contribution in [0, 0.1) is 28.6 Å². The topological polar surface area (TPSA) is 96.0 Å². The van der Waals surface area contributed by atoms with Crippen LogP contribution in [0.3, 0.4) is 0 Å². The molecule has 2 fully saturated rings. The number of hydrogen-bond acceptors (Lipinski definition) is 7. The van der Waals surface area contributed by atoms with E-state index >= 15 is 0 Å². The minimum absolute atomic E-state index is 0.152. The van der Waals surface area contributed by atoms with Crippen molar-refractivity contribution in [2.75, 3.05) is 0 Å². The second-order valence-corrected chi connectivity index (χ2v) is 12.2. The number of ketones is 1. The molecular weight excluding hydrogens is 496 g/mol. The molecule has 0 unspecified atom stereocenters. The molecule has 8 atom stereocenters. The quantitative estimate of drug-likeness (QED) is 0.188. The van der Waals surface area contributed by atoms with E-state index in [0.717, 1.165) is 12.8 Å². The van der Waals surface area contributed by atoms with Gasteiger partial charge in [-0.1, -0.05) is 42.4 Å². The Morgan fingerprint density at radius 1 is 1.15 bits per heavy atom. The number of carbonyl (C=O) groups is 4. The summed E-state index contributed by atoms with van der Waals surface area (Å²) in [5.41, 5.74) is 0.714. The van der Waals surface area contributed by atoms with E-state index in [1.54, 1.807) is 26.0 Å². The smallest absolute Gasteiger partial charge is 0.333 e. The molecule has 0 aromatic rings. The van der Waals surface area contributed by atoms with Crippen LogP contribution in [0.2, 0.25) is 0 Å². The molecule has 2 bridgehead atoms. The zero-order valence-corrected chi connectivity index (χ0v) is 24.2. The van der Waals surface area contributed by atoms with E-state index in [9.17, 15) is 19.2 Å². The van der Waals surface area contributed by atoms with Gasteiger partial charge >= 0.3 is 17.9 Å². The lowest BCUT2D eigenvalue weighted by molar-refractivity contribution is -0.226. The molecule has 4 aliphatic rings. The molecule has 1 saturated carbocycles. The molecule has 1 aliphatic heterocycles. The Morgan fingerprint density at radius 3 is 2.46 bits per heavy atom. The highest BCUT2D eigenvalue weighted by Gasteiger charge is 2.70. The molecule has 39 heavy (non-hydrogen) atoms. The predicted molar refractivity (Wildman–Crippen MR) is 146 cm³/mol. The van der Waals surface area contributed by atoms with Crippen molar-refractivity contribution in [3.05, 3.63) is 47.1 Å². The molecule has 1 spiro atoms. The van der Waals surface area contributed by atoms with Gasteiger partial charge in [0.2, 0.25) is 0 Å². The molecule has 7 nitrogen and oxygen atoms in total. The van der Waals surface area contributed by atoms with Gasteiger partial charge in [-0.15, -0.1) is 0 Å². The Hall–Kier alpha value is -2.96. The van der Waals surface area contributed by atoms with E-state index in [2.05, 4.69) is 26.0 Å². The van der Waals surface area contributed by atoms with Gasteiger partial charge in [0.1, 0.15) is 18.3 Å². The molecule has 0 radical (unpaired) electrons. The lowest BCUT2D eigenvalue weighted by atomic mass is 9.57. The lowest BCUT2D eigenvalue weighted by Gasteiger charge is -2.52. The average Bonchev–Trinajstić information content (AvgIpc) is 3.17. The molecule has 1 heterocycles. The first-order chi connectivity index (χ1) is 18.4. The molecule has 3 aliphatic carbocycles. The Morgan fingerprint density at radius 2 is 1.87 bits per heavy atom. The van der Waals surface area contributed by atoms with E-state index in [-0.39, 0.29) is 23.6 Å². The van der Waals surface area contributed by atoms with Gasteiger partial charge in [0, 0.05) is 18.4 Å². The maximum Gasteiger partial charge on any atom is 0.333 e. The minimum Gasteiger partial charge on any atom is -0.458 e. The van der Waals surface area contributed by atoms with Crippen molar-refractivity contribution in [3.8, 4) is 0 Å². The Bertz CT molecular complexity index is 1170. The summed E-state index contributed by atoms with van der Waals surface area (Å²) in [7, 11) is 0. The van der Waals surface area contributed by atoms with Gasteiger partial charge in [0.15, 0.2) is 5.78 Å². The first-order valence-corrected chi connectivity index (χ1v) is 14.1. The van der Waals surface area contributed by atoms with E-state index in [1.807, 2.05) is 19.9 Å². The summed E-state index contributed by atoms with van der Waals surface area (Å²) < 4.78 is 18.4. The van der Waals surface area contributed by atoms with E-state index < -0.39 is 47.0 Å². The summed E-state index contributed by atoms with van der Waals surface area (Å²) in [6.45, 7) is 12.6. The zero-order chi connectivity index (χ0) is 28.7. The largest absolute Gasteiger partial charge is 0.458 e. The van der Waals surface area contributed by atoms with Crippen molar-refractivity contribution in [1.29, 1.82) is 0 Å². The second kappa shape index (κ2) is 10.9. The Kier molecular flexibility index (Phi) is 8.11. The number of allylic oxidation sites excluding steroid dienone is 7. The third-order valence-corrected chi connectivity index (χ3v) is 9.60. The minimum atomic E-state index is -1.13. The molecule has 212 valence electrons. The number of rotatable bonds is 6. The third kappa shape index (κ3) is 4.93. The van der Waals surface area contributed by atoms with Crippen LogP contribution < -0.4 is 0 Å². The zero-order valence-electron chi connectivity index (χ0n) is 24.2. The maximum atomic E-state index is 14.0. The summed E-state index contributed by atoms with van der Waals surface area (Å²) in [6.07, 6.45) is 10.1. The summed E-state index contributed by atoms with van der Waals surface area (Å²) in [5.74, 6) is -3.00. The monoisotopic (exact) mass is 538 g/mol. The van der Waals surface area contributed by atoms with Crippen LogP contribution in [0.25, 0.3) is 0 Å². The second-order valence-electron chi connectivity index (χ2n) is 12.2. The number of ether oxygens (including phenoxy) is 3. The van der Waals surface area contributed by atoms with Crippen molar-refractivity contribution in [1.82, 2.24) is 0 Å². The predicted octanol–water partition coefficient (Wildman–Crippen LogP) is 5.59. The average molecular weight is 539 g/mol. The fraction of sp³-hybridized carbons (Fsp3) is 0.625. The van der Waals surface area contributed by atoms with Gasteiger partial charge in [-0.3, -0.25) is 14.4 Å². The van der Waals surface area contributed by atoms with Crippen LogP contribution in [0.4, 0.5) is 0 Å². The fourth-order valence-electron chi connectivity index (χ4n) is 7.22. The van der Waals surface area contributed by atoms with Crippen LogP contribution in [0.5, 0.6) is 0 Å². The van der Waals surface area contributed by atoms with Gasteiger partial charge < -0.3 is 14.2 Å². The number of carbonyl (C=O) groups excluding carboxylic acids is 4. The van der Waals surface area contributed by atoms with Crippen molar-refractivity contribution in [2.24, 2.45) is 28.6 Å². The molecular formula is C32H42O7. The molecule has 1 saturated heterocycles. The molecule has 0 N–H and O–H groups in total. The molecule has 0 aromatic carbocycles. The Labute approximate surface area is 231 Å². The normalized spacial score (nSPS) is 37.4. The van der Waals surface area contributed by atoms with E-state index in [1.165, 1.54) is 18.1 Å². The standard InChI is InChI=1S/C32H42O7/c1-8-19(4)29(35)39-28-25-27(37-21(6)33)26(20(5)23-12-13-24(34)31(23,28)7)38-30(36)32(25)16-14-22(15-17-32)11-9-10-18(2)3/h8,10,12-14,20,23,25-28H,9,11,15-17H2,1-7H3/b19-8-/t20-,23-,25-,26-,27-,28-,31-,32-/m0/s1. The van der Waals surface area contributed by atoms with Gasteiger partial charge in [-0.25, -0.2) is 4.79 Å². The van der Waals surface area contributed by atoms with Gasteiger partial charge in [0.25, 0.3) is 0 Å². The first-order valence-electron chi connectivity index (χ1n) is 14.1. The fourth-order valence-corrected chi connectivity index (χ4v) is 7.22. The van der Waals surface area contributed by atoms with Crippen LogP contribution in [-0.4, -0.2) is 42.0 Å². The van der Waals surface area contributed by atoms with Gasteiger partial charge in [-0.2, -0.15) is 0 Å². The molecule has 0 amide bonds. The van der Waals surface area contributed by atoms with E-state index in [0.29, 0.717) is 24.8 Å². The molecule has 7 heteroatoms. The van der Waals surface area contributed by atoms with Crippen molar-refractivity contribution >= 4 is 23.7 Å². The summed E-state index contributed by atoms with van der Waals surface area (Å²) in [4.78, 5) is 53.3. The highest BCUT2D eigenvalue weighted by atomic mass is 16.6. The number of esters is 3. The van der Waals surface area contributed by atoms with Crippen LogP contribution >= 0.6 is 0 Å². The van der Waals surface area contributed by atoms with Crippen molar-refractivity contribution in [2.45, 2.75) is 98.9 Å². The summed E-state index contributed by atoms with van der Waals surface area (Å²) in [5, 5.41) is 0. The van der Waals surface area contributed by atoms with Gasteiger partial charge in [-0.05, 0) is 78.7 Å². The maximum absolute atomic E-state index is 14.0. The van der Waals surface area contributed by atoms with E-state index in [4.69, 9.17) is 14.2 Å². The molecule has 0 aromatic heterocycles. The number of fused-ring (bicyclic) bond motifs is 4. The Balaban J connectivity index is 1.86. The summed E-state index contributed by atoms with van der Waals surface area (Å²) >= 11 is 0. The van der Waals surface area contributed by atoms with Crippen LogP contribution in [0.15, 0.2) is 47.1 Å².